The molecule has 4 heteroatoms. The highest BCUT2D eigenvalue weighted by Gasteiger charge is 2.08. The van der Waals surface area contributed by atoms with Crippen molar-refractivity contribution in [3.05, 3.63) is 41.7 Å². The van der Waals surface area contributed by atoms with Crippen molar-refractivity contribution in [3.63, 3.8) is 0 Å². The maximum absolute atomic E-state index is 10.7. The van der Waals surface area contributed by atoms with Crippen LogP contribution >= 0.6 is 0 Å². The number of rotatable bonds is 3. The second-order valence-corrected chi connectivity index (χ2v) is 3.84. The van der Waals surface area contributed by atoms with Crippen molar-refractivity contribution < 1.29 is 9.90 Å². The van der Waals surface area contributed by atoms with Crippen LogP contribution in [0.3, 0.4) is 0 Å². The maximum atomic E-state index is 10.7. The molecule has 0 saturated heterocycles. The van der Waals surface area contributed by atoms with Crippen molar-refractivity contribution in [3.8, 4) is 11.1 Å². The SMILES string of the molecule is CCn1ncc(-c2ccc(C(=O)O)cc2)c1C. The fourth-order valence-corrected chi connectivity index (χ4v) is 1.84. The summed E-state index contributed by atoms with van der Waals surface area (Å²) in [5.41, 5.74) is 3.43. The summed E-state index contributed by atoms with van der Waals surface area (Å²) in [4.78, 5) is 10.7. The van der Waals surface area contributed by atoms with Crippen LogP contribution in [-0.4, -0.2) is 20.9 Å². The Hall–Kier alpha value is -2.10. The Morgan fingerprint density at radius 2 is 2.00 bits per heavy atom. The predicted octanol–water partition coefficient (Wildman–Crippen LogP) is 2.58. The molecular weight excluding hydrogens is 216 g/mol. The van der Waals surface area contributed by atoms with Gasteiger partial charge in [0.1, 0.15) is 0 Å². The number of hydrogen-bond donors (Lipinski definition) is 1. The van der Waals surface area contributed by atoms with Gasteiger partial charge in [0.15, 0.2) is 0 Å². The van der Waals surface area contributed by atoms with Crippen molar-refractivity contribution in [1.82, 2.24) is 9.78 Å². The molecule has 0 atom stereocenters. The fourth-order valence-electron chi connectivity index (χ4n) is 1.84. The van der Waals surface area contributed by atoms with Crippen LogP contribution < -0.4 is 0 Å². The second-order valence-electron chi connectivity index (χ2n) is 3.84. The minimum Gasteiger partial charge on any atom is -0.478 e. The molecule has 0 radical (unpaired) electrons. The van der Waals surface area contributed by atoms with Gasteiger partial charge in [-0.3, -0.25) is 4.68 Å². The van der Waals surface area contributed by atoms with Crippen LogP contribution in [0.2, 0.25) is 0 Å². The summed E-state index contributed by atoms with van der Waals surface area (Å²) in [6, 6.07) is 6.85. The van der Waals surface area contributed by atoms with Gasteiger partial charge in [0.25, 0.3) is 0 Å². The van der Waals surface area contributed by atoms with Gasteiger partial charge in [-0.05, 0) is 31.5 Å². The second kappa shape index (κ2) is 4.41. The predicted molar refractivity (Wildman–Crippen MR) is 65.0 cm³/mol. The van der Waals surface area contributed by atoms with Gasteiger partial charge in [-0.15, -0.1) is 0 Å². The normalized spacial score (nSPS) is 10.5. The highest BCUT2D eigenvalue weighted by molar-refractivity contribution is 5.88. The van der Waals surface area contributed by atoms with Crippen LogP contribution in [-0.2, 0) is 6.54 Å². The first-order chi connectivity index (χ1) is 8.13. The molecule has 0 bridgehead atoms. The minimum atomic E-state index is -0.905. The largest absolute Gasteiger partial charge is 0.478 e. The molecule has 0 unspecified atom stereocenters. The third kappa shape index (κ3) is 2.06. The number of aromatic nitrogens is 2. The summed E-state index contributed by atoms with van der Waals surface area (Å²) in [5, 5.41) is 13.1. The molecule has 0 saturated carbocycles. The van der Waals surface area contributed by atoms with E-state index in [0.29, 0.717) is 5.56 Å². The van der Waals surface area contributed by atoms with Gasteiger partial charge in [0.2, 0.25) is 0 Å². The van der Waals surface area contributed by atoms with Crippen LogP contribution in [0.25, 0.3) is 11.1 Å². The molecule has 0 fully saturated rings. The van der Waals surface area contributed by atoms with Gasteiger partial charge in [-0.1, -0.05) is 12.1 Å². The number of carbonyl (C=O) groups is 1. The monoisotopic (exact) mass is 230 g/mol. The number of benzene rings is 1. The topological polar surface area (TPSA) is 55.1 Å². The average Bonchev–Trinajstić information content (AvgIpc) is 2.70. The van der Waals surface area contributed by atoms with Crippen molar-refractivity contribution in [2.24, 2.45) is 0 Å². The van der Waals surface area contributed by atoms with Gasteiger partial charge in [0.05, 0.1) is 11.8 Å². The zero-order valence-corrected chi connectivity index (χ0v) is 9.84. The molecule has 0 spiro atoms. The molecule has 88 valence electrons. The van der Waals surface area contributed by atoms with E-state index in [1.54, 1.807) is 12.1 Å². The number of carboxylic acid groups (broad SMARTS) is 1. The van der Waals surface area contributed by atoms with Gasteiger partial charge >= 0.3 is 5.97 Å². The fraction of sp³-hybridized carbons (Fsp3) is 0.231. The van der Waals surface area contributed by atoms with E-state index in [2.05, 4.69) is 5.10 Å². The summed E-state index contributed by atoms with van der Waals surface area (Å²) in [5.74, 6) is -0.905. The molecule has 0 aliphatic carbocycles. The van der Waals surface area contributed by atoms with E-state index in [9.17, 15) is 4.79 Å². The molecule has 0 aliphatic rings. The van der Waals surface area contributed by atoms with Crippen molar-refractivity contribution in [2.75, 3.05) is 0 Å². The summed E-state index contributed by atoms with van der Waals surface area (Å²) < 4.78 is 1.92. The van der Waals surface area contributed by atoms with E-state index >= 15 is 0 Å². The summed E-state index contributed by atoms with van der Waals surface area (Å²) >= 11 is 0. The molecule has 17 heavy (non-hydrogen) atoms. The van der Waals surface area contributed by atoms with E-state index < -0.39 is 5.97 Å². The molecule has 0 aliphatic heterocycles. The first kappa shape index (κ1) is 11.4. The first-order valence-electron chi connectivity index (χ1n) is 5.49. The number of aryl methyl sites for hydroxylation is 1. The van der Waals surface area contributed by atoms with Crippen molar-refractivity contribution >= 4 is 5.97 Å². The molecule has 1 heterocycles. The van der Waals surface area contributed by atoms with E-state index in [1.165, 1.54) is 0 Å². The van der Waals surface area contributed by atoms with E-state index in [0.717, 1.165) is 23.4 Å². The van der Waals surface area contributed by atoms with Crippen molar-refractivity contribution in [1.29, 1.82) is 0 Å². The maximum Gasteiger partial charge on any atom is 0.335 e. The highest BCUT2D eigenvalue weighted by atomic mass is 16.4. The molecule has 1 aromatic heterocycles. The Kier molecular flexibility index (Phi) is 2.95. The zero-order valence-electron chi connectivity index (χ0n) is 9.84. The molecular formula is C13H14N2O2. The van der Waals surface area contributed by atoms with Gasteiger partial charge < -0.3 is 5.11 Å². The smallest absolute Gasteiger partial charge is 0.335 e. The van der Waals surface area contributed by atoms with Crippen LogP contribution in [0.1, 0.15) is 23.0 Å². The molecule has 0 amide bonds. The Morgan fingerprint density at radius 3 is 2.47 bits per heavy atom. The summed E-state index contributed by atoms with van der Waals surface area (Å²) in [7, 11) is 0. The first-order valence-corrected chi connectivity index (χ1v) is 5.49. The van der Waals surface area contributed by atoms with Crippen LogP contribution in [0.15, 0.2) is 30.5 Å². The number of hydrogen-bond acceptors (Lipinski definition) is 2. The van der Waals surface area contributed by atoms with E-state index in [1.807, 2.05) is 36.9 Å². The molecule has 2 aromatic rings. The summed E-state index contributed by atoms with van der Waals surface area (Å²) in [6.07, 6.45) is 1.81. The lowest BCUT2D eigenvalue weighted by Gasteiger charge is -2.03. The number of nitrogens with zero attached hydrogens (tertiary/aromatic N) is 2. The Balaban J connectivity index is 2.39. The van der Waals surface area contributed by atoms with E-state index in [-0.39, 0.29) is 0 Å². The zero-order chi connectivity index (χ0) is 12.4. The Morgan fingerprint density at radius 1 is 1.35 bits per heavy atom. The highest BCUT2D eigenvalue weighted by Crippen LogP contribution is 2.23. The molecule has 1 aromatic carbocycles. The van der Waals surface area contributed by atoms with Gasteiger partial charge in [-0.25, -0.2) is 4.79 Å². The van der Waals surface area contributed by atoms with Gasteiger partial charge in [0, 0.05) is 17.8 Å². The lowest BCUT2D eigenvalue weighted by molar-refractivity contribution is 0.0697. The van der Waals surface area contributed by atoms with Crippen LogP contribution in [0, 0.1) is 6.92 Å². The average molecular weight is 230 g/mol. The lowest BCUT2D eigenvalue weighted by Crippen LogP contribution is -1.98. The van der Waals surface area contributed by atoms with Gasteiger partial charge in [-0.2, -0.15) is 5.10 Å². The Labute approximate surface area is 99.5 Å². The molecule has 4 nitrogen and oxygen atoms in total. The number of aromatic carboxylic acids is 1. The summed E-state index contributed by atoms with van der Waals surface area (Å²) in [6.45, 7) is 4.88. The number of carboxylic acids is 1. The standard InChI is InChI=1S/C13H14N2O2/c1-3-15-9(2)12(8-14-15)10-4-6-11(7-5-10)13(16)17/h4-8H,3H2,1-2H3,(H,16,17). The van der Waals surface area contributed by atoms with E-state index in [4.69, 9.17) is 5.11 Å². The van der Waals surface area contributed by atoms with Crippen molar-refractivity contribution in [2.45, 2.75) is 20.4 Å². The van der Waals surface area contributed by atoms with Crippen LogP contribution in [0.5, 0.6) is 0 Å². The molecule has 1 N–H and O–H groups in total. The Bertz CT molecular complexity index is 541. The third-order valence-electron chi connectivity index (χ3n) is 2.85. The quantitative estimate of drug-likeness (QED) is 0.881. The lowest BCUT2D eigenvalue weighted by atomic mass is 10.1. The van der Waals surface area contributed by atoms with Crippen LogP contribution in [0.4, 0.5) is 0 Å². The minimum absolute atomic E-state index is 0.300. The molecule has 2 rings (SSSR count). The third-order valence-corrected chi connectivity index (χ3v) is 2.85.